The fourth-order valence-corrected chi connectivity index (χ4v) is 5.01. The van der Waals surface area contributed by atoms with Crippen molar-refractivity contribution in [3.05, 3.63) is 64.7 Å². The molecule has 0 atom stereocenters. The van der Waals surface area contributed by atoms with Crippen molar-refractivity contribution in [1.29, 1.82) is 0 Å². The van der Waals surface area contributed by atoms with Crippen LogP contribution in [0, 0.1) is 6.92 Å². The van der Waals surface area contributed by atoms with Crippen molar-refractivity contribution in [2.75, 3.05) is 13.1 Å². The van der Waals surface area contributed by atoms with Crippen molar-refractivity contribution < 1.29 is 4.74 Å². The predicted octanol–water partition coefficient (Wildman–Crippen LogP) is 5.10. The first-order valence-corrected chi connectivity index (χ1v) is 10.8. The lowest BCUT2D eigenvalue weighted by molar-refractivity contribution is -0.00746. The molecule has 2 fully saturated rings. The van der Waals surface area contributed by atoms with Crippen LogP contribution in [0.3, 0.4) is 0 Å². The monoisotopic (exact) mass is 361 g/mol. The molecule has 2 heterocycles. The smallest absolute Gasteiger partial charge is 0.123 e. The third kappa shape index (κ3) is 3.52. The summed E-state index contributed by atoms with van der Waals surface area (Å²) in [6, 6.07) is 16.7. The molecular weight excluding hydrogens is 330 g/mol. The maximum atomic E-state index is 6.52. The summed E-state index contributed by atoms with van der Waals surface area (Å²) in [5.74, 6) is 1.14. The zero-order chi connectivity index (χ0) is 18.3. The summed E-state index contributed by atoms with van der Waals surface area (Å²) in [4.78, 5) is 2.72. The summed E-state index contributed by atoms with van der Waals surface area (Å²) in [6.45, 7) is 4.59. The Hall–Kier alpha value is -1.80. The second-order valence-electron chi connectivity index (χ2n) is 9.01. The third-order valence-electron chi connectivity index (χ3n) is 7.09. The van der Waals surface area contributed by atoms with E-state index in [0.717, 1.165) is 31.1 Å². The number of benzene rings is 2. The number of hydrogen-bond acceptors (Lipinski definition) is 2. The molecule has 0 radical (unpaired) electrons. The molecule has 0 amide bonds. The van der Waals surface area contributed by atoms with Gasteiger partial charge in [0.2, 0.25) is 0 Å². The van der Waals surface area contributed by atoms with Crippen LogP contribution in [0.5, 0.6) is 5.75 Å². The molecule has 0 bridgehead atoms. The van der Waals surface area contributed by atoms with Crippen LogP contribution in [0.1, 0.15) is 54.4 Å². The van der Waals surface area contributed by atoms with E-state index in [2.05, 4.69) is 54.3 Å². The van der Waals surface area contributed by atoms with Crippen LogP contribution in [-0.2, 0) is 19.3 Å². The normalized spacial score (nSPS) is 21.7. The highest BCUT2D eigenvalue weighted by molar-refractivity contribution is 5.42. The molecule has 1 spiro atoms. The summed E-state index contributed by atoms with van der Waals surface area (Å²) < 4.78 is 6.52. The van der Waals surface area contributed by atoms with E-state index >= 15 is 0 Å². The molecule has 1 aliphatic carbocycles. The highest BCUT2D eigenvalue weighted by atomic mass is 16.5. The van der Waals surface area contributed by atoms with Gasteiger partial charge in [-0.1, -0.05) is 48.4 Å². The summed E-state index contributed by atoms with van der Waals surface area (Å²) in [5.41, 5.74) is 5.73. The van der Waals surface area contributed by atoms with Crippen LogP contribution >= 0.6 is 0 Å². The number of rotatable bonds is 4. The molecule has 3 aliphatic rings. The Labute approximate surface area is 163 Å². The molecule has 2 nitrogen and oxygen atoms in total. The van der Waals surface area contributed by atoms with Gasteiger partial charge in [-0.15, -0.1) is 0 Å². The van der Waals surface area contributed by atoms with Crippen LogP contribution in [-0.4, -0.2) is 29.6 Å². The first kappa shape index (κ1) is 17.3. The fraction of sp³-hybridized carbons (Fsp3) is 0.520. The van der Waals surface area contributed by atoms with Crippen molar-refractivity contribution in [1.82, 2.24) is 4.90 Å². The second-order valence-corrected chi connectivity index (χ2v) is 9.01. The topological polar surface area (TPSA) is 12.5 Å². The Balaban J connectivity index is 1.21. The largest absolute Gasteiger partial charge is 0.487 e. The number of likely N-dealkylation sites (tertiary alicyclic amines) is 1. The van der Waals surface area contributed by atoms with Crippen molar-refractivity contribution >= 4 is 0 Å². The van der Waals surface area contributed by atoms with E-state index in [9.17, 15) is 0 Å². The number of piperidine rings is 1. The van der Waals surface area contributed by atoms with Crippen molar-refractivity contribution in [2.45, 2.75) is 69.9 Å². The van der Waals surface area contributed by atoms with E-state index in [1.807, 2.05) is 0 Å². The maximum absolute atomic E-state index is 6.52. The van der Waals surface area contributed by atoms with E-state index < -0.39 is 0 Å². The van der Waals surface area contributed by atoms with Gasteiger partial charge in [0, 0.05) is 38.4 Å². The zero-order valence-electron chi connectivity index (χ0n) is 16.5. The average molecular weight is 362 g/mol. The SMILES string of the molecule is Cc1ccc(CCc2ccc3c(c2)CC2(CCN(C4CCC4)CC2)O3)cc1. The molecular formula is C25H31NO. The maximum Gasteiger partial charge on any atom is 0.123 e. The molecule has 2 heteroatoms. The van der Waals surface area contributed by atoms with Crippen molar-refractivity contribution in [2.24, 2.45) is 0 Å². The Morgan fingerprint density at radius 2 is 1.67 bits per heavy atom. The number of ether oxygens (including phenoxy) is 1. The van der Waals surface area contributed by atoms with Crippen molar-refractivity contribution in [3.8, 4) is 5.75 Å². The molecule has 2 aromatic rings. The molecule has 27 heavy (non-hydrogen) atoms. The quantitative estimate of drug-likeness (QED) is 0.751. The van der Waals surface area contributed by atoms with E-state index in [1.165, 1.54) is 67.4 Å². The van der Waals surface area contributed by atoms with E-state index in [1.54, 1.807) is 0 Å². The predicted molar refractivity (Wildman–Crippen MR) is 111 cm³/mol. The summed E-state index contributed by atoms with van der Waals surface area (Å²) in [7, 11) is 0. The van der Waals surface area contributed by atoms with Crippen LogP contribution in [0.15, 0.2) is 42.5 Å². The molecule has 2 aromatic carbocycles. The summed E-state index contributed by atoms with van der Waals surface area (Å²) in [5, 5.41) is 0. The van der Waals surface area contributed by atoms with Crippen LogP contribution in [0.25, 0.3) is 0 Å². The van der Waals surface area contributed by atoms with Gasteiger partial charge in [0.15, 0.2) is 0 Å². The standard InChI is InChI=1S/C25H31NO/c1-19-5-7-20(8-6-19)9-10-21-11-12-24-22(17-21)18-25(27-24)13-15-26(16-14-25)23-3-2-4-23/h5-8,11-12,17,23H,2-4,9-10,13-16,18H2,1H3. The van der Waals surface area contributed by atoms with E-state index in [0.29, 0.717) is 0 Å². The first-order valence-electron chi connectivity index (χ1n) is 10.8. The Bertz CT molecular complexity index is 798. The van der Waals surface area contributed by atoms with Gasteiger partial charge in [-0.25, -0.2) is 0 Å². The molecule has 0 N–H and O–H groups in total. The van der Waals surface area contributed by atoms with Gasteiger partial charge in [0.05, 0.1) is 0 Å². The van der Waals surface area contributed by atoms with Gasteiger partial charge in [-0.2, -0.15) is 0 Å². The number of aryl methyl sites for hydroxylation is 3. The number of hydrogen-bond donors (Lipinski definition) is 0. The summed E-state index contributed by atoms with van der Waals surface area (Å²) >= 11 is 0. The first-order chi connectivity index (χ1) is 13.2. The molecule has 5 rings (SSSR count). The van der Waals surface area contributed by atoms with Gasteiger partial charge in [-0.3, -0.25) is 0 Å². The highest BCUT2D eigenvalue weighted by Gasteiger charge is 2.43. The van der Waals surface area contributed by atoms with E-state index in [4.69, 9.17) is 4.74 Å². The lowest BCUT2D eigenvalue weighted by atomic mass is 9.83. The van der Waals surface area contributed by atoms with Gasteiger partial charge in [0.25, 0.3) is 0 Å². The molecule has 1 saturated carbocycles. The minimum absolute atomic E-state index is 0.0815. The van der Waals surface area contributed by atoms with Crippen LogP contribution < -0.4 is 4.74 Å². The zero-order valence-corrected chi connectivity index (χ0v) is 16.5. The molecule has 2 aliphatic heterocycles. The Kier molecular flexibility index (Phi) is 4.47. The minimum atomic E-state index is 0.0815. The van der Waals surface area contributed by atoms with Gasteiger partial charge < -0.3 is 9.64 Å². The molecule has 1 saturated heterocycles. The fourth-order valence-electron chi connectivity index (χ4n) is 5.01. The third-order valence-corrected chi connectivity index (χ3v) is 7.09. The van der Waals surface area contributed by atoms with E-state index in [-0.39, 0.29) is 5.60 Å². The number of nitrogens with zero attached hydrogens (tertiary/aromatic N) is 1. The van der Waals surface area contributed by atoms with Gasteiger partial charge in [0.1, 0.15) is 11.4 Å². The lowest BCUT2D eigenvalue weighted by Gasteiger charge is -2.45. The summed E-state index contributed by atoms with van der Waals surface area (Å²) in [6.07, 6.45) is 9.98. The van der Waals surface area contributed by atoms with Gasteiger partial charge >= 0.3 is 0 Å². The highest BCUT2D eigenvalue weighted by Crippen LogP contribution is 2.42. The van der Waals surface area contributed by atoms with Crippen molar-refractivity contribution in [3.63, 3.8) is 0 Å². The lowest BCUT2D eigenvalue weighted by Crippen LogP contribution is -2.52. The molecule has 0 unspecified atom stereocenters. The minimum Gasteiger partial charge on any atom is -0.487 e. The average Bonchev–Trinajstić information content (AvgIpc) is 2.99. The van der Waals surface area contributed by atoms with Crippen LogP contribution in [0.2, 0.25) is 0 Å². The van der Waals surface area contributed by atoms with Gasteiger partial charge in [-0.05, 0) is 55.4 Å². The second kappa shape index (κ2) is 6.98. The Morgan fingerprint density at radius 1 is 0.963 bits per heavy atom. The Morgan fingerprint density at radius 3 is 2.37 bits per heavy atom. The van der Waals surface area contributed by atoms with Crippen LogP contribution in [0.4, 0.5) is 0 Å². The number of fused-ring (bicyclic) bond motifs is 1. The molecule has 0 aromatic heterocycles. The molecule has 142 valence electrons.